The summed E-state index contributed by atoms with van der Waals surface area (Å²) in [5, 5.41) is 0. The number of fused-ring (bicyclic) bond motifs is 1. The molecule has 0 N–H and O–H groups in total. The minimum absolute atomic E-state index is 0.0424. The fraction of sp³-hybridized carbons (Fsp3) is 0.333. The molecule has 0 saturated heterocycles. The number of rotatable bonds is 2. The van der Waals surface area contributed by atoms with E-state index in [-0.39, 0.29) is 17.5 Å². The van der Waals surface area contributed by atoms with Gasteiger partial charge in [0.1, 0.15) is 5.75 Å². The summed E-state index contributed by atoms with van der Waals surface area (Å²) in [7, 11) is 1.50. The van der Waals surface area contributed by atoms with Crippen LogP contribution in [0.2, 0.25) is 0 Å². The molecule has 0 unspecified atom stereocenters. The number of methoxy groups -OCH3 is 1. The first-order valence-electron chi connectivity index (χ1n) is 5.96. The van der Waals surface area contributed by atoms with E-state index >= 15 is 0 Å². The van der Waals surface area contributed by atoms with Gasteiger partial charge in [-0.3, -0.25) is 9.59 Å². The molecule has 0 spiro atoms. The Balaban J connectivity index is 2.72. The molecule has 1 aliphatic rings. The molecule has 2 rings (SSSR count). The van der Waals surface area contributed by atoms with Gasteiger partial charge in [0, 0.05) is 16.7 Å². The second kappa shape index (κ2) is 4.41. The number of hydrogen-bond acceptors (Lipinski definition) is 3. The van der Waals surface area contributed by atoms with Gasteiger partial charge in [-0.05, 0) is 18.9 Å². The highest BCUT2D eigenvalue weighted by atomic mass is 16.5. The van der Waals surface area contributed by atoms with Crippen molar-refractivity contribution < 1.29 is 14.3 Å². The van der Waals surface area contributed by atoms with Crippen molar-refractivity contribution in [1.29, 1.82) is 0 Å². The average molecular weight is 244 g/mol. The van der Waals surface area contributed by atoms with Crippen LogP contribution in [-0.2, 0) is 0 Å². The summed E-state index contributed by atoms with van der Waals surface area (Å²) in [6.45, 7) is 5.56. The van der Waals surface area contributed by atoms with Crippen molar-refractivity contribution in [2.24, 2.45) is 5.92 Å². The normalized spacial score (nSPS) is 15.2. The standard InChI is InChI=1S/C15H16O3/c1-8(2)12-9(3)14(16)13-10(15(12)17)6-5-7-11(13)18-4/h5-8H,1-4H3. The lowest BCUT2D eigenvalue weighted by Gasteiger charge is -2.22. The van der Waals surface area contributed by atoms with Crippen LogP contribution in [0.25, 0.3) is 0 Å². The molecule has 0 aliphatic heterocycles. The largest absolute Gasteiger partial charge is 0.496 e. The van der Waals surface area contributed by atoms with Gasteiger partial charge < -0.3 is 4.74 Å². The number of allylic oxidation sites excluding steroid dienone is 2. The Morgan fingerprint density at radius 3 is 2.33 bits per heavy atom. The van der Waals surface area contributed by atoms with Crippen molar-refractivity contribution in [3.63, 3.8) is 0 Å². The van der Waals surface area contributed by atoms with Crippen molar-refractivity contribution in [1.82, 2.24) is 0 Å². The van der Waals surface area contributed by atoms with E-state index in [4.69, 9.17) is 4.74 Å². The number of benzene rings is 1. The van der Waals surface area contributed by atoms with Gasteiger partial charge in [-0.25, -0.2) is 0 Å². The molecule has 18 heavy (non-hydrogen) atoms. The number of Topliss-reactive ketones (excluding diaryl/α,β-unsaturated/α-hetero) is 2. The fourth-order valence-corrected chi connectivity index (χ4v) is 2.45. The van der Waals surface area contributed by atoms with Gasteiger partial charge in [0.25, 0.3) is 0 Å². The molecule has 0 amide bonds. The first-order valence-corrected chi connectivity index (χ1v) is 5.96. The lowest BCUT2D eigenvalue weighted by molar-refractivity contribution is 0.0964. The van der Waals surface area contributed by atoms with Gasteiger partial charge in [0.15, 0.2) is 11.6 Å². The topological polar surface area (TPSA) is 43.4 Å². The van der Waals surface area contributed by atoms with Gasteiger partial charge in [-0.1, -0.05) is 26.0 Å². The van der Waals surface area contributed by atoms with E-state index in [0.29, 0.717) is 28.0 Å². The van der Waals surface area contributed by atoms with Gasteiger partial charge in [-0.2, -0.15) is 0 Å². The van der Waals surface area contributed by atoms with Crippen molar-refractivity contribution in [3.05, 3.63) is 40.5 Å². The van der Waals surface area contributed by atoms with E-state index in [2.05, 4.69) is 0 Å². The monoisotopic (exact) mass is 244 g/mol. The quantitative estimate of drug-likeness (QED) is 0.803. The molecule has 1 aliphatic carbocycles. The van der Waals surface area contributed by atoms with E-state index in [1.54, 1.807) is 25.1 Å². The first kappa shape index (κ1) is 12.6. The van der Waals surface area contributed by atoms with Crippen molar-refractivity contribution >= 4 is 11.6 Å². The van der Waals surface area contributed by atoms with E-state index in [1.807, 2.05) is 13.8 Å². The van der Waals surface area contributed by atoms with E-state index < -0.39 is 0 Å². The highest BCUT2D eigenvalue weighted by Gasteiger charge is 2.33. The maximum atomic E-state index is 12.4. The first-order chi connectivity index (χ1) is 8.49. The van der Waals surface area contributed by atoms with Gasteiger partial charge in [0.2, 0.25) is 0 Å². The second-order valence-electron chi connectivity index (χ2n) is 4.73. The molecule has 0 heterocycles. The van der Waals surface area contributed by atoms with Crippen LogP contribution >= 0.6 is 0 Å². The Labute approximate surface area is 106 Å². The van der Waals surface area contributed by atoms with Gasteiger partial charge in [-0.15, -0.1) is 0 Å². The number of carbonyl (C=O) groups excluding carboxylic acids is 2. The smallest absolute Gasteiger partial charge is 0.193 e. The number of ether oxygens (including phenoxy) is 1. The predicted octanol–water partition coefficient (Wildman–Crippen LogP) is 3.05. The molecule has 94 valence electrons. The molecular formula is C15H16O3. The molecule has 0 fully saturated rings. The van der Waals surface area contributed by atoms with Crippen LogP contribution in [0.15, 0.2) is 29.3 Å². The highest BCUT2D eigenvalue weighted by Crippen LogP contribution is 2.34. The molecule has 1 aromatic carbocycles. The Kier molecular flexibility index (Phi) is 3.07. The minimum atomic E-state index is -0.106. The molecule has 0 aromatic heterocycles. The maximum absolute atomic E-state index is 12.4. The summed E-state index contributed by atoms with van der Waals surface area (Å²) in [5.74, 6) is 0.343. The van der Waals surface area contributed by atoms with Crippen LogP contribution in [0.3, 0.4) is 0 Å². The van der Waals surface area contributed by atoms with Crippen LogP contribution in [-0.4, -0.2) is 18.7 Å². The van der Waals surface area contributed by atoms with Crippen LogP contribution in [0.5, 0.6) is 5.75 Å². The Morgan fingerprint density at radius 1 is 1.11 bits per heavy atom. The molecule has 3 nitrogen and oxygen atoms in total. The summed E-state index contributed by atoms with van der Waals surface area (Å²) in [6, 6.07) is 5.13. The fourth-order valence-electron chi connectivity index (χ4n) is 2.45. The third-order valence-electron chi connectivity index (χ3n) is 3.28. The molecule has 3 heteroatoms. The van der Waals surface area contributed by atoms with E-state index in [9.17, 15) is 9.59 Å². The van der Waals surface area contributed by atoms with Crippen molar-refractivity contribution in [2.45, 2.75) is 20.8 Å². The zero-order valence-corrected chi connectivity index (χ0v) is 11.0. The van der Waals surface area contributed by atoms with Crippen LogP contribution < -0.4 is 4.74 Å². The zero-order valence-electron chi connectivity index (χ0n) is 11.0. The van der Waals surface area contributed by atoms with Crippen molar-refractivity contribution in [3.8, 4) is 5.75 Å². The Hall–Kier alpha value is -1.90. The van der Waals surface area contributed by atoms with E-state index in [1.165, 1.54) is 7.11 Å². The predicted molar refractivity (Wildman–Crippen MR) is 69.2 cm³/mol. The Morgan fingerprint density at radius 2 is 1.78 bits per heavy atom. The number of hydrogen-bond donors (Lipinski definition) is 0. The van der Waals surface area contributed by atoms with Crippen LogP contribution in [0.4, 0.5) is 0 Å². The highest BCUT2D eigenvalue weighted by molar-refractivity contribution is 6.27. The third-order valence-corrected chi connectivity index (χ3v) is 3.28. The maximum Gasteiger partial charge on any atom is 0.193 e. The SMILES string of the molecule is COc1cccc2c1C(=O)C(C)=C(C(C)C)C2=O. The average Bonchev–Trinajstić information content (AvgIpc) is 2.35. The summed E-state index contributed by atoms with van der Waals surface area (Å²) < 4.78 is 5.18. The third kappa shape index (κ3) is 1.67. The molecule has 0 radical (unpaired) electrons. The zero-order chi connectivity index (χ0) is 13.4. The molecule has 0 atom stereocenters. The molecule has 0 bridgehead atoms. The lowest BCUT2D eigenvalue weighted by Crippen LogP contribution is -2.24. The number of ketones is 2. The molecule has 0 saturated carbocycles. The Bertz CT molecular complexity index is 565. The molecule has 1 aromatic rings. The minimum Gasteiger partial charge on any atom is -0.496 e. The summed E-state index contributed by atoms with van der Waals surface area (Å²) in [4.78, 5) is 24.8. The van der Waals surface area contributed by atoms with Crippen molar-refractivity contribution in [2.75, 3.05) is 7.11 Å². The summed E-state index contributed by atoms with van der Waals surface area (Å²) in [6.07, 6.45) is 0. The number of carbonyl (C=O) groups is 2. The second-order valence-corrected chi connectivity index (χ2v) is 4.73. The van der Waals surface area contributed by atoms with E-state index in [0.717, 1.165) is 0 Å². The van der Waals surface area contributed by atoms with Crippen LogP contribution in [0, 0.1) is 5.92 Å². The summed E-state index contributed by atoms with van der Waals surface area (Å²) >= 11 is 0. The summed E-state index contributed by atoms with van der Waals surface area (Å²) in [5.41, 5.74) is 1.99. The van der Waals surface area contributed by atoms with Gasteiger partial charge >= 0.3 is 0 Å². The lowest BCUT2D eigenvalue weighted by atomic mass is 9.80. The molecular weight excluding hydrogens is 228 g/mol. The van der Waals surface area contributed by atoms with Gasteiger partial charge in [0.05, 0.1) is 12.7 Å². The van der Waals surface area contributed by atoms with Crippen LogP contribution in [0.1, 0.15) is 41.5 Å².